The van der Waals surface area contributed by atoms with E-state index in [1.807, 2.05) is 24.4 Å². The maximum atomic E-state index is 12.0. The number of hydrogen-bond donors (Lipinski definition) is 1. The topological polar surface area (TPSA) is 51.2 Å². The van der Waals surface area contributed by atoms with Gasteiger partial charge in [0.2, 0.25) is 0 Å². The van der Waals surface area contributed by atoms with E-state index < -0.39 is 0 Å². The number of carbonyl (C=O) groups is 1. The van der Waals surface area contributed by atoms with Crippen molar-refractivity contribution in [2.24, 2.45) is 0 Å². The lowest BCUT2D eigenvalue weighted by Gasteiger charge is -2.10. The highest BCUT2D eigenvalue weighted by Gasteiger charge is 2.11. The molecule has 0 unspecified atom stereocenters. The second-order valence-electron chi connectivity index (χ2n) is 4.02. The molecule has 2 aromatic rings. The Bertz CT molecular complexity index is 526. The molecule has 2 rings (SSSR count). The first-order valence-corrected chi connectivity index (χ1v) is 7.12. The van der Waals surface area contributed by atoms with Crippen molar-refractivity contribution >= 4 is 17.2 Å². The molecule has 5 heteroatoms. The Morgan fingerprint density at radius 3 is 3.00 bits per heavy atom. The predicted molar refractivity (Wildman–Crippen MR) is 75.5 cm³/mol. The van der Waals surface area contributed by atoms with Gasteiger partial charge in [-0.15, -0.1) is 11.3 Å². The number of carbonyl (C=O) groups excluding carboxylic acids is 1. The molecule has 0 saturated carbocycles. The number of nitrogens with one attached hydrogen (secondary N) is 1. The SMILES string of the molecule is CCCNC(=O)c1ccccc1OCc1cscn1. The normalized spacial score (nSPS) is 10.2. The first-order valence-electron chi connectivity index (χ1n) is 6.18. The van der Waals surface area contributed by atoms with Crippen molar-refractivity contribution in [3.05, 3.63) is 46.4 Å². The minimum absolute atomic E-state index is 0.101. The highest BCUT2D eigenvalue weighted by atomic mass is 32.1. The monoisotopic (exact) mass is 276 g/mol. The molecule has 0 saturated heterocycles. The minimum atomic E-state index is -0.101. The van der Waals surface area contributed by atoms with Crippen LogP contribution in [0.4, 0.5) is 0 Å². The van der Waals surface area contributed by atoms with Crippen LogP contribution >= 0.6 is 11.3 Å². The molecule has 1 heterocycles. The van der Waals surface area contributed by atoms with Gasteiger partial charge in [-0.2, -0.15) is 0 Å². The third kappa shape index (κ3) is 3.79. The summed E-state index contributed by atoms with van der Waals surface area (Å²) >= 11 is 1.53. The van der Waals surface area contributed by atoms with Gasteiger partial charge in [0.25, 0.3) is 5.91 Å². The Labute approximate surface area is 116 Å². The first-order chi connectivity index (χ1) is 9.31. The van der Waals surface area contributed by atoms with Gasteiger partial charge >= 0.3 is 0 Å². The summed E-state index contributed by atoms with van der Waals surface area (Å²) < 4.78 is 5.67. The van der Waals surface area contributed by atoms with Crippen molar-refractivity contribution in [3.63, 3.8) is 0 Å². The van der Waals surface area contributed by atoms with E-state index in [4.69, 9.17) is 4.74 Å². The number of thiazole rings is 1. The molecule has 0 spiro atoms. The van der Waals surface area contributed by atoms with Crippen LogP contribution in [0.3, 0.4) is 0 Å². The summed E-state index contributed by atoms with van der Waals surface area (Å²) in [6, 6.07) is 7.25. The Morgan fingerprint density at radius 1 is 1.42 bits per heavy atom. The lowest BCUT2D eigenvalue weighted by molar-refractivity contribution is 0.0949. The van der Waals surface area contributed by atoms with E-state index >= 15 is 0 Å². The largest absolute Gasteiger partial charge is 0.486 e. The summed E-state index contributed by atoms with van der Waals surface area (Å²) in [7, 11) is 0. The number of ether oxygens (including phenoxy) is 1. The van der Waals surface area contributed by atoms with Crippen molar-refractivity contribution in [3.8, 4) is 5.75 Å². The molecule has 0 atom stereocenters. The molecule has 0 aliphatic carbocycles. The average molecular weight is 276 g/mol. The maximum Gasteiger partial charge on any atom is 0.255 e. The lowest BCUT2D eigenvalue weighted by atomic mass is 10.2. The van der Waals surface area contributed by atoms with Crippen LogP contribution in [0.5, 0.6) is 5.75 Å². The molecule has 100 valence electrons. The molecule has 1 amide bonds. The van der Waals surface area contributed by atoms with Crippen LogP contribution in [0.15, 0.2) is 35.2 Å². The molecule has 0 aliphatic heterocycles. The van der Waals surface area contributed by atoms with Crippen LogP contribution in [-0.4, -0.2) is 17.4 Å². The standard InChI is InChI=1S/C14H16N2O2S/c1-2-7-15-14(17)12-5-3-4-6-13(12)18-8-11-9-19-10-16-11/h3-6,9-10H,2,7-8H2,1H3,(H,15,17). The van der Waals surface area contributed by atoms with Gasteiger partial charge in [-0.25, -0.2) is 4.98 Å². The van der Waals surface area contributed by atoms with Crippen molar-refractivity contribution in [2.45, 2.75) is 20.0 Å². The van der Waals surface area contributed by atoms with Crippen molar-refractivity contribution in [1.29, 1.82) is 0 Å². The highest BCUT2D eigenvalue weighted by Crippen LogP contribution is 2.19. The van der Waals surface area contributed by atoms with E-state index in [2.05, 4.69) is 10.3 Å². The smallest absolute Gasteiger partial charge is 0.255 e. The fourth-order valence-corrected chi connectivity index (χ4v) is 2.12. The molecular weight excluding hydrogens is 260 g/mol. The Kier molecular flexibility index (Phi) is 4.92. The second-order valence-corrected chi connectivity index (χ2v) is 4.74. The fraction of sp³-hybridized carbons (Fsp3) is 0.286. The number of benzene rings is 1. The van der Waals surface area contributed by atoms with Gasteiger partial charge in [-0.3, -0.25) is 4.79 Å². The van der Waals surface area contributed by atoms with Crippen molar-refractivity contribution in [2.75, 3.05) is 6.54 Å². The summed E-state index contributed by atoms with van der Waals surface area (Å²) in [6.07, 6.45) is 0.910. The first kappa shape index (κ1) is 13.5. The Hall–Kier alpha value is -1.88. The molecular formula is C14H16N2O2S. The maximum absolute atomic E-state index is 12.0. The molecule has 1 aromatic carbocycles. The molecule has 1 aromatic heterocycles. The molecule has 4 nitrogen and oxygen atoms in total. The Balaban J connectivity index is 2.05. The van der Waals surface area contributed by atoms with Gasteiger partial charge < -0.3 is 10.1 Å². The van der Waals surface area contributed by atoms with E-state index in [1.165, 1.54) is 11.3 Å². The van der Waals surface area contributed by atoms with E-state index in [1.54, 1.807) is 17.6 Å². The quantitative estimate of drug-likeness (QED) is 0.882. The molecule has 19 heavy (non-hydrogen) atoms. The zero-order chi connectivity index (χ0) is 13.5. The third-order valence-corrected chi connectivity index (χ3v) is 3.16. The van der Waals surface area contributed by atoms with Crippen LogP contribution in [0.25, 0.3) is 0 Å². The molecule has 0 bridgehead atoms. The zero-order valence-corrected chi connectivity index (χ0v) is 11.6. The molecule has 0 fully saturated rings. The van der Waals surface area contributed by atoms with E-state index in [9.17, 15) is 4.79 Å². The summed E-state index contributed by atoms with van der Waals surface area (Å²) in [6.45, 7) is 3.06. The van der Waals surface area contributed by atoms with Gasteiger partial charge in [-0.1, -0.05) is 19.1 Å². The van der Waals surface area contributed by atoms with E-state index in [0.29, 0.717) is 24.5 Å². The predicted octanol–water partition coefficient (Wildman–Crippen LogP) is 2.86. The number of rotatable bonds is 6. The summed E-state index contributed by atoms with van der Waals surface area (Å²) in [5, 5.41) is 4.78. The number of aromatic nitrogens is 1. The second kappa shape index (κ2) is 6.89. The lowest BCUT2D eigenvalue weighted by Crippen LogP contribution is -2.24. The van der Waals surface area contributed by atoms with E-state index in [0.717, 1.165) is 12.1 Å². The molecule has 0 aliphatic rings. The van der Waals surface area contributed by atoms with Gasteiger partial charge in [0, 0.05) is 11.9 Å². The van der Waals surface area contributed by atoms with Crippen molar-refractivity contribution in [1.82, 2.24) is 10.3 Å². The van der Waals surface area contributed by atoms with Crippen LogP contribution in [0, 0.1) is 0 Å². The highest BCUT2D eigenvalue weighted by molar-refractivity contribution is 7.07. The number of nitrogens with zero attached hydrogens (tertiary/aromatic N) is 1. The van der Waals surface area contributed by atoms with Gasteiger partial charge in [0.1, 0.15) is 12.4 Å². The summed E-state index contributed by atoms with van der Waals surface area (Å²) in [5.41, 5.74) is 3.19. The summed E-state index contributed by atoms with van der Waals surface area (Å²) in [4.78, 5) is 16.1. The van der Waals surface area contributed by atoms with Gasteiger partial charge in [-0.05, 0) is 18.6 Å². The van der Waals surface area contributed by atoms with Gasteiger partial charge in [0.05, 0.1) is 16.8 Å². The summed E-state index contributed by atoms with van der Waals surface area (Å²) in [5.74, 6) is 0.486. The van der Waals surface area contributed by atoms with Gasteiger partial charge in [0.15, 0.2) is 0 Å². The number of hydrogen-bond acceptors (Lipinski definition) is 4. The average Bonchev–Trinajstić information content (AvgIpc) is 2.96. The Morgan fingerprint density at radius 2 is 2.26 bits per heavy atom. The molecule has 1 N–H and O–H groups in total. The van der Waals surface area contributed by atoms with Crippen LogP contribution in [0.1, 0.15) is 29.4 Å². The molecule has 0 radical (unpaired) electrons. The number of para-hydroxylation sites is 1. The zero-order valence-electron chi connectivity index (χ0n) is 10.8. The van der Waals surface area contributed by atoms with Crippen molar-refractivity contribution < 1.29 is 9.53 Å². The van der Waals surface area contributed by atoms with Crippen LogP contribution < -0.4 is 10.1 Å². The van der Waals surface area contributed by atoms with E-state index in [-0.39, 0.29) is 5.91 Å². The van der Waals surface area contributed by atoms with Crippen LogP contribution in [0.2, 0.25) is 0 Å². The minimum Gasteiger partial charge on any atom is -0.486 e. The fourth-order valence-electron chi connectivity index (χ4n) is 1.57. The third-order valence-electron chi connectivity index (χ3n) is 2.53. The van der Waals surface area contributed by atoms with Crippen LogP contribution in [-0.2, 0) is 6.61 Å². The number of amides is 1.